The summed E-state index contributed by atoms with van der Waals surface area (Å²) in [6.45, 7) is 2.58. The number of hydrogen-bond acceptors (Lipinski definition) is 7. The van der Waals surface area contributed by atoms with Gasteiger partial charge in [-0.15, -0.1) is 0 Å². The first-order chi connectivity index (χ1) is 12.1. The second-order valence-electron chi connectivity index (χ2n) is 5.56. The molecule has 2 aromatic rings. The molecule has 1 aliphatic rings. The molecule has 25 heavy (non-hydrogen) atoms. The van der Waals surface area contributed by atoms with Crippen molar-refractivity contribution in [3.63, 3.8) is 0 Å². The van der Waals surface area contributed by atoms with Crippen LogP contribution in [0.1, 0.15) is 10.4 Å². The van der Waals surface area contributed by atoms with E-state index in [0.717, 1.165) is 5.82 Å². The quantitative estimate of drug-likeness (QED) is 0.491. The van der Waals surface area contributed by atoms with E-state index in [-0.39, 0.29) is 11.3 Å². The number of nitro groups is 1. The first kappa shape index (κ1) is 16.7. The van der Waals surface area contributed by atoms with Gasteiger partial charge in [-0.2, -0.15) is 0 Å². The summed E-state index contributed by atoms with van der Waals surface area (Å²) >= 11 is 0. The zero-order chi connectivity index (χ0) is 17.8. The van der Waals surface area contributed by atoms with Crippen molar-refractivity contribution in [3.05, 3.63) is 58.3 Å². The fraction of sp³-hybridized carbons (Fsp3) is 0.250. The lowest BCUT2D eigenvalue weighted by Crippen LogP contribution is -2.47. The summed E-state index contributed by atoms with van der Waals surface area (Å²) in [6.07, 6.45) is 1.73. The van der Waals surface area contributed by atoms with Gasteiger partial charge < -0.3 is 9.80 Å². The number of hydrogen-bond donors (Lipinski definition) is 2. The van der Waals surface area contributed by atoms with Gasteiger partial charge in [-0.05, 0) is 24.3 Å². The highest BCUT2D eigenvalue weighted by Crippen LogP contribution is 2.30. The molecule has 1 aromatic carbocycles. The number of aromatic nitrogens is 1. The van der Waals surface area contributed by atoms with Gasteiger partial charge in [0.15, 0.2) is 0 Å². The molecule has 0 radical (unpaired) electrons. The van der Waals surface area contributed by atoms with E-state index in [1.165, 1.54) is 17.6 Å². The average molecular weight is 343 g/mol. The van der Waals surface area contributed by atoms with Crippen LogP contribution >= 0.6 is 0 Å². The number of carbonyl (C=O) groups excluding carboxylic acids is 1. The van der Waals surface area contributed by atoms with Crippen LogP contribution in [0.2, 0.25) is 0 Å². The number of pyridine rings is 1. The number of rotatable bonds is 4. The molecule has 1 saturated heterocycles. The first-order valence-electron chi connectivity index (χ1n) is 7.74. The Hall–Kier alpha value is -3.20. The van der Waals surface area contributed by atoms with E-state index in [0.29, 0.717) is 31.9 Å². The third-order valence-electron chi connectivity index (χ3n) is 4.13. The Bertz CT molecular complexity index is 775. The zero-order valence-corrected chi connectivity index (χ0v) is 13.3. The summed E-state index contributed by atoms with van der Waals surface area (Å²) < 4.78 is 0. The van der Waals surface area contributed by atoms with Gasteiger partial charge in [-0.25, -0.2) is 10.5 Å². The van der Waals surface area contributed by atoms with Gasteiger partial charge in [0.2, 0.25) is 0 Å². The minimum atomic E-state index is -0.783. The minimum Gasteiger partial charge on any atom is -0.362 e. The van der Waals surface area contributed by atoms with Gasteiger partial charge in [-0.1, -0.05) is 6.07 Å². The maximum absolute atomic E-state index is 11.5. The lowest BCUT2D eigenvalue weighted by atomic mass is 10.1. The molecule has 1 aromatic heterocycles. The van der Waals surface area contributed by atoms with Gasteiger partial charge in [0.1, 0.15) is 11.5 Å². The number of anilines is 2. The van der Waals surface area contributed by atoms with E-state index in [4.69, 9.17) is 5.21 Å². The Labute approximate surface area is 143 Å². The molecule has 2 heterocycles. The molecule has 2 N–H and O–H groups in total. The largest absolute Gasteiger partial charge is 0.362 e. The van der Waals surface area contributed by atoms with Crippen molar-refractivity contribution < 1.29 is 14.9 Å². The highest BCUT2D eigenvalue weighted by Gasteiger charge is 2.25. The smallest absolute Gasteiger partial charge is 0.293 e. The van der Waals surface area contributed by atoms with Gasteiger partial charge in [0.05, 0.1) is 4.92 Å². The lowest BCUT2D eigenvalue weighted by Gasteiger charge is -2.36. The molecule has 1 aliphatic heterocycles. The summed E-state index contributed by atoms with van der Waals surface area (Å²) in [7, 11) is 0. The summed E-state index contributed by atoms with van der Waals surface area (Å²) in [5, 5.41) is 20.1. The highest BCUT2D eigenvalue weighted by atomic mass is 16.6. The van der Waals surface area contributed by atoms with Crippen LogP contribution in [0.3, 0.4) is 0 Å². The maximum Gasteiger partial charge on any atom is 0.293 e. The molecule has 9 heteroatoms. The van der Waals surface area contributed by atoms with Crippen LogP contribution in [-0.4, -0.2) is 47.2 Å². The zero-order valence-electron chi connectivity index (χ0n) is 13.3. The minimum absolute atomic E-state index is 0.0325. The number of benzene rings is 1. The summed E-state index contributed by atoms with van der Waals surface area (Å²) in [5.41, 5.74) is 1.81. The van der Waals surface area contributed by atoms with Crippen LogP contribution in [0.4, 0.5) is 17.2 Å². The molecule has 130 valence electrons. The molecule has 3 rings (SSSR count). The molecule has 9 nitrogen and oxygen atoms in total. The van der Waals surface area contributed by atoms with Crippen LogP contribution in [-0.2, 0) is 0 Å². The molecule has 0 saturated carbocycles. The number of amides is 1. The van der Waals surface area contributed by atoms with Crippen molar-refractivity contribution in [2.45, 2.75) is 0 Å². The van der Waals surface area contributed by atoms with Crippen LogP contribution in [0.15, 0.2) is 42.6 Å². The standard InChI is InChI=1S/C16H17N5O4/c22-16(18-23)12-4-5-13(14(11-12)21(24)25)19-7-9-20(10-8-19)15-3-1-2-6-17-15/h1-6,11,23H,7-10H2,(H,18,22). The fourth-order valence-corrected chi connectivity index (χ4v) is 2.86. The normalized spacial score (nSPS) is 14.3. The van der Waals surface area contributed by atoms with E-state index in [1.807, 2.05) is 23.1 Å². The third kappa shape index (κ3) is 3.50. The van der Waals surface area contributed by atoms with Crippen molar-refractivity contribution in [2.24, 2.45) is 0 Å². The molecule has 0 aliphatic carbocycles. The number of nitrogens with one attached hydrogen (secondary N) is 1. The maximum atomic E-state index is 11.5. The molecule has 0 spiro atoms. The van der Waals surface area contributed by atoms with Crippen LogP contribution in [0.25, 0.3) is 0 Å². The van der Waals surface area contributed by atoms with Crippen molar-refractivity contribution in [2.75, 3.05) is 36.0 Å². The van der Waals surface area contributed by atoms with Gasteiger partial charge in [0.25, 0.3) is 11.6 Å². The Morgan fingerprint density at radius 2 is 1.88 bits per heavy atom. The summed E-state index contributed by atoms with van der Waals surface area (Å²) in [6, 6.07) is 9.88. The Morgan fingerprint density at radius 1 is 1.16 bits per heavy atom. The molecule has 0 bridgehead atoms. The van der Waals surface area contributed by atoms with Crippen LogP contribution in [0.5, 0.6) is 0 Å². The van der Waals surface area contributed by atoms with Crippen LogP contribution in [0, 0.1) is 10.1 Å². The number of piperazine rings is 1. The Balaban J connectivity index is 1.78. The third-order valence-corrected chi connectivity index (χ3v) is 4.13. The second kappa shape index (κ2) is 7.14. The number of nitrogens with zero attached hydrogens (tertiary/aromatic N) is 4. The molecule has 0 atom stereocenters. The van der Waals surface area contributed by atoms with Gasteiger partial charge >= 0.3 is 0 Å². The highest BCUT2D eigenvalue weighted by molar-refractivity contribution is 5.95. The summed E-state index contributed by atoms with van der Waals surface area (Å²) in [4.78, 5) is 30.7. The molecule has 0 unspecified atom stereocenters. The van der Waals surface area contributed by atoms with E-state index in [9.17, 15) is 14.9 Å². The van der Waals surface area contributed by atoms with E-state index in [2.05, 4.69) is 9.88 Å². The van der Waals surface area contributed by atoms with Crippen molar-refractivity contribution >= 4 is 23.1 Å². The topological polar surface area (TPSA) is 112 Å². The summed E-state index contributed by atoms with van der Waals surface area (Å²) in [5.74, 6) is 0.0984. The Kier molecular flexibility index (Phi) is 4.75. The number of hydroxylamine groups is 1. The monoisotopic (exact) mass is 343 g/mol. The van der Waals surface area contributed by atoms with Crippen molar-refractivity contribution in [3.8, 4) is 0 Å². The van der Waals surface area contributed by atoms with Crippen LogP contribution < -0.4 is 15.3 Å². The van der Waals surface area contributed by atoms with E-state index in [1.54, 1.807) is 12.3 Å². The molecular formula is C16H17N5O4. The average Bonchev–Trinajstić information content (AvgIpc) is 2.67. The number of carbonyl (C=O) groups is 1. The van der Waals surface area contributed by atoms with Crippen molar-refractivity contribution in [1.29, 1.82) is 0 Å². The second-order valence-corrected chi connectivity index (χ2v) is 5.56. The first-order valence-corrected chi connectivity index (χ1v) is 7.74. The molecular weight excluding hydrogens is 326 g/mol. The van der Waals surface area contributed by atoms with Crippen molar-refractivity contribution in [1.82, 2.24) is 10.5 Å². The molecule has 1 amide bonds. The fourth-order valence-electron chi connectivity index (χ4n) is 2.86. The predicted octanol–water partition coefficient (Wildman–Crippen LogP) is 1.44. The molecule has 1 fully saturated rings. The van der Waals surface area contributed by atoms with E-state index < -0.39 is 10.8 Å². The van der Waals surface area contributed by atoms with E-state index >= 15 is 0 Å². The van der Waals surface area contributed by atoms with Gasteiger partial charge in [0, 0.05) is 44.0 Å². The lowest BCUT2D eigenvalue weighted by molar-refractivity contribution is -0.384. The number of nitro benzene ring substituents is 1. The van der Waals surface area contributed by atoms with Gasteiger partial charge in [-0.3, -0.25) is 20.1 Å². The SMILES string of the molecule is O=C(NO)c1ccc(N2CCN(c3ccccn3)CC2)c([N+](=O)[O-])c1. The predicted molar refractivity (Wildman–Crippen MR) is 91.0 cm³/mol. The Morgan fingerprint density at radius 3 is 2.48 bits per heavy atom.